The van der Waals surface area contributed by atoms with Crippen molar-refractivity contribution in [3.8, 4) is 16.9 Å². The maximum atomic E-state index is 12.2. The molecule has 0 spiro atoms. The number of aromatic nitrogens is 3. The average molecular weight is 381 g/mol. The van der Waals surface area contributed by atoms with E-state index in [4.69, 9.17) is 16.3 Å². The predicted octanol–water partition coefficient (Wildman–Crippen LogP) is 3.68. The standard InChI is InChI=1S/C20H17ClN4O2/c1-25-18(26)6-5-14-3-2-4-17(19(14)25)15-7-13(8-22-9-15)12-27-16-10-23-20(21)24-11-16/h2-4,7-11H,5-6,12H2,1H3. The van der Waals surface area contributed by atoms with E-state index >= 15 is 0 Å². The smallest absolute Gasteiger partial charge is 0.227 e. The summed E-state index contributed by atoms with van der Waals surface area (Å²) in [4.78, 5) is 26.0. The molecule has 7 heteroatoms. The number of ether oxygens (including phenoxy) is 1. The van der Waals surface area contributed by atoms with Crippen molar-refractivity contribution in [2.75, 3.05) is 11.9 Å². The number of pyridine rings is 1. The first-order valence-electron chi connectivity index (χ1n) is 8.55. The molecule has 0 saturated heterocycles. The van der Waals surface area contributed by atoms with Gasteiger partial charge in [0.05, 0.1) is 18.1 Å². The third-order valence-corrected chi connectivity index (χ3v) is 4.74. The summed E-state index contributed by atoms with van der Waals surface area (Å²) in [5.41, 5.74) is 4.98. The van der Waals surface area contributed by atoms with Gasteiger partial charge >= 0.3 is 0 Å². The molecule has 136 valence electrons. The molecule has 1 aromatic carbocycles. The van der Waals surface area contributed by atoms with Gasteiger partial charge in [-0.15, -0.1) is 0 Å². The van der Waals surface area contributed by atoms with Gasteiger partial charge < -0.3 is 9.64 Å². The second-order valence-corrected chi connectivity index (χ2v) is 6.66. The van der Waals surface area contributed by atoms with Crippen LogP contribution in [-0.2, 0) is 17.8 Å². The van der Waals surface area contributed by atoms with Gasteiger partial charge in [0.1, 0.15) is 6.61 Å². The number of carbonyl (C=O) groups is 1. The van der Waals surface area contributed by atoms with Crippen LogP contribution in [0.2, 0.25) is 5.28 Å². The van der Waals surface area contributed by atoms with Gasteiger partial charge in [0.25, 0.3) is 0 Å². The fourth-order valence-electron chi connectivity index (χ4n) is 3.21. The highest BCUT2D eigenvalue weighted by Gasteiger charge is 2.24. The topological polar surface area (TPSA) is 68.2 Å². The van der Waals surface area contributed by atoms with Crippen LogP contribution in [0.15, 0.2) is 49.1 Å². The molecule has 0 aliphatic carbocycles. The summed E-state index contributed by atoms with van der Waals surface area (Å²) in [6.45, 7) is 0.329. The van der Waals surface area contributed by atoms with E-state index in [2.05, 4.69) is 21.0 Å². The molecule has 1 amide bonds. The lowest BCUT2D eigenvalue weighted by atomic mass is 9.94. The Morgan fingerprint density at radius 2 is 1.96 bits per heavy atom. The summed E-state index contributed by atoms with van der Waals surface area (Å²) >= 11 is 5.68. The minimum atomic E-state index is 0.130. The fourth-order valence-corrected chi connectivity index (χ4v) is 3.31. The summed E-state index contributed by atoms with van der Waals surface area (Å²) in [5, 5.41) is 0.179. The molecule has 1 aliphatic heterocycles. The summed E-state index contributed by atoms with van der Waals surface area (Å²) in [6, 6.07) is 8.13. The molecule has 2 aromatic heterocycles. The van der Waals surface area contributed by atoms with E-state index in [-0.39, 0.29) is 11.2 Å². The molecule has 3 aromatic rings. The number of halogens is 1. The van der Waals surface area contributed by atoms with Crippen molar-refractivity contribution in [2.45, 2.75) is 19.4 Å². The van der Waals surface area contributed by atoms with E-state index in [9.17, 15) is 4.79 Å². The lowest BCUT2D eigenvalue weighted by Gasteiger charge is -2.28. The van der Waals surface area contributed by atoms with E-state index in [0.29, 0.717) is 18.8 Å². The van der Waals surface area contributed by atoms with Crippen LogP contribution in [0.4, 0.5) is 5.69 Å². The normalized spacial score (nSPS) is 13.4. The molecule has 0 radical (unpaired) electrons. The van der Waals surface area contributed by atoms with E-state index in [1.54, 1.807) is 17.3 Å². The maximum absolute atomic E-state index is 12.2. The third-order valence-electron chi connectivity index (χ3n) is 4.55. The second kappa shape index (κ2) is 7.32. The number of carbonyl (C=O) groups excluding carboxylic acids is 1. The van der Waals surface area contributed by atoms with Crippen LogP contribution in [0, 0.1) is 0 Å². The van der Waals surface area contributed by atoms with Gasteiger partial charge in [0, 0.05) is 42.6 Å². The number of benzene rings is 1. The van der Waals surface area contributed by atoms with Crippen LogP contribution < -0.4 is 9.64 Å². The van der Waals surface area contributed by atoms with Crippen molar-refractivity contribution in [1.82, 2.24) is 15.0 Å². The Morgan fingerprint density at radius 1 is 1.15 bits per heavy atom. The molecule has 0 unspecified atom stereocenters. The van der Waals surface area contributed by atoms with Crippen molar-refractivity contribution in [2.24, 2.45) is 0 Å². The van der Waals surface area contributed by atoms with Gasteiger partial charge in [0.2, 0.25) is 11.2 Å². The molecule has 0 N–H and O–H groups in total. The molecule has 27 heavy (non-hydrogen) atoms. The summed E-state index contributed by atoms with van der Waals surface area (Å²) in [6.07, 6.45) is 7.92. The Morgan fingerprint density at radius 3 is 2.78 bits per heavy atom. The number of aryl methyl sites for hydroxylation is 1. The number of anilines is 1. The molecule has 1 aliphatic rings. The van der Waals surface area contributed by atoms with Crippen molar-refractivity contribution in [3.05, 3.63) is 65.5 Å². The van der Waals surface area contributed by atoms with Crippen molar-refractivity contribution in [1.29, 1.82) is 0 Å². The molecular formula is C20H17ClN4O2. The van der Waals surface area contributed by atoms with Crippen molar-refractivity contribution >= 4 is 23.2 Å². The zero-order valence-electron chi connectivity index (χ0n) is 14.7. The van der Waals surface area contributed by atoms with E-state index in [1.165, 1.54) is 18.0 Å². The first kappa shape index (κ1) is 17.4. The number of nitrogens with zero attached hydrogens (tertiary/aromatic N) is 4. The molecule has 0 bridgehead atoms. The quantitative estimate of drug-likeness (QED) is 0.646. The Labute approximate surface area is 161 Å². The number of fused-ring (bicyclic) bond motifs is 1. The molecule has 0 saturated carbocycles. The highest BCUT2D eigenvalue weighted by Crippen LogP contribution is 2.37. The summed E-state index contributed by atoms with van der Waals surface area (Å²) in [7, 11) is 1.82. The minimum absolute atomic E-state index is 0.130. The molecular weight excluding hydrogens is 364 g/mol. The van der Waals surface area contributed by atoms with E-state index in [0.717, 1.165) is 28.8 Å². The molecule has 0 fully saturated rings. The molecule has 4 rings (SSSR count). The van der Waals surface area contributed by atoms with Crippen LogP contribution >= 0.6 is 11.6 Å². The number of hydrogen-bond donors (Lipinski definition) is 0. The average Bonchev–Trinajstić information content (AvgIpc) is 2.70. The first-order valence-corrected chi connectivity index (χ1v) is 8.93. The van der Waals surface area contributed by atoms with Crippen LogP contribution in [0.25, 0.3) is 11.1 Å². The Bertz CT molecular complexity index is 992. The fraction of sp³-hybridized carbons (Fsp3) is 0.200. The van der Waals surface area contributed by atoms with E-state index in [1.807, 2.05) is 25.2 Å². The second-order valence-electron chi connectivity index (χ2n) is 6.32. The van der Waals surface area contributed by atoms with Gasteiger partial charge in [-0.2, -0.15) is 0 Å². The number of rotatable bonds is 4. The highest BCUT2D eigenvalue weighted by atomic mass is 35.5. The highest BCUT2D eigenvalue weighted by molar-refractivity contribution is 6.28. The zero-order chi connectivity index (χ0) is 18.8. The van der Waals surface area contributed by atoms with Gasteiger partial charge in [-0.05, 0) is 29.7 Å². The van der Waals surface area contributed by atoms with Gasteiger partial charge in [-0.3, -0.25) is 9.78 Å². The van der Waals surface area contributed by atoms with E-state index < -0.39 is 0 Å². The lowest BCUT2D eigenvalue weighted by molar-refractivity contribution is -0.118. The number of amides is 1. The summed E-state index contributed by atoms with van der Waals surface area (Å²) in [5.74, 6) is 0.664. The molecule has 3 heterocycles. The lowest BCUT2D eigenvalue weighted by Crippen LogP contribution is -2.31. The van der Waals surface area contributed by atoms with Gasteiger partial charge in [-0.1, -0.05) is 18.2 Å². The maximum Gasteiger partial charge on any atom is 0.227 e. The van der Waals surface area contributed by atoms with Crippen LogP contribution in [-0.4, -0.2) is 27.9 Å². The van der Waals surface area contributed by atoms with Crippen molar-refractivity contribution in [3.63, 3.8) is 0 Å². The van der Waals surface area contributed by atoms with Crippen LogP contribution in [0.5, 0.6) is 5.75 Å². The Kier molecular flexibility index (Phi) is 4.73. The van der Waals surface area contributed by atoms with Crippen LogP contribution in [0.3, 0.4) is 0 Å². The summed E-state index contributed by atoms with van der Waals surface area (Å²) < 4.78 is 5.70. The largest absolute Gasteiger partial charge is 0.486 e. The van der Waals surface area contributed by atoms with Gasteiger partial charge in [0.15, 0.2) is 5.75 Å². The Balaban J connectivity index is 1.62. The Hall–Kier alpha value is -2.99. The molecule has 0 atom stereocenters. The number of para-hydroxylation sites is 1. The zero-order valence-corrected chi connectivity index (χ0v) is 15.5. The van der Waals surface area contributed by atoms with Crippen molar-refractivity contribution < 1.29 is 9.53 Å². The SMILES string of the molecule is CN1C(=O)CCc2cccc(-c3cncc(COc4cnc(Cl)nc4)c3)c21. The van der Waals surface area contributed by atoms with Crippen LogP contribution in [0.1, 0.15) is 17.5 Å². The first-order chi connectivity index (χ1) is 13.1. The monoisotopic (exact) mass is 380 g/mol. The predicted molar refractivity (Wildman–Crippen MR) is 103 cm³/mol. The van der Waals surface area contributed by atoms with Gasteiger partial charge in [-0.25, -0.2) is 9.97 Å². The molecule has 6 nitrogen and oxygen atoms in total. The third kappa shape index (κ3) is 3.61. The number of hydrogen-bond acceptors (Lipinski definition) is 5. The minimum Gasteiger partial charge on any atom is -0.486 e.